The van der Waals surface area contributed by atoms with Gasteiger partial charge in [0.2, 0.25) is 5.91 Å². The summed E-state index contributed by atoms with van der Waals surface area (Å²) in [5.41, 5.74) is 3.23. The number of hydrogen-bond donors (Lipinski definition) is 1. The van der Waals surface area contributed by atoms with Crippen LogP contribution in [0.15, 0.2) is 102 Å². The molecule has 0 fully saturated rings. The van der Waals surface area contributed by atoms with Gasteiger partial charge in [0, 0.05) is 36.0 Å². The fourth-order valence-corrected chi connectivity index (χ4v) is 4.47. The van der Waals surface area contributed by atoms with Gasteiger partial charge >= 0.3 is 0 Å². The van der Waals surface area contributed by atoms with E-state index in [0.717, 1.165) is 22.0 Å². The SMILES string of the molecule is O=C(C[C@H](c1ccccc1F)c1cn(Cc2ccc(F)cc2)c2ccccc12)NCc1ccco1. The van der Waals surface area contributed by atoms with Gasteiger partial charge in [-0.05, 0) is 53.1 Å². The van der Waals surface area contributed by atoms with E-state index >= 15 is 0 Å². The summed E-state index contributed by atoms with van der Waals surface area (Å²) in [5.74, 6) is -0.687. The van der Waals surface area contributed by atoms with Crippen LogP contribution in [0.3, 0.4) is 0 Å². The summed E-state index contributed by atoms with van der Waals surface area (Å²) in [6.45, 7) is 0.789. The van der Waals surface area contributed by atoms with Crippen LogP contribution >= 0.6 is 0 Å². The number of hydrogen-bond acceptors (Lipinski definition) is 2. The number of halogens is 2. The van der Waals surface area contributed by atoms with Gasteiger partial charge < -0.3 is 14.3 Å². The minimum absolute atomic E-state index is 0.0756. The third-order valence-corrected chi connectivity index (χ3v) is 6.17. The second-order valence-corrected chi connectivity index (χ2v) is 8.49. The van der Waals surface area contributed by atoms with Gasteiger partial charge in [0.15, 0.2) is 0 Å². The molecule has 0 radical (unpaired) electrons. The Morgan fingerprint density at radius 3 is 2.43 bits per heavy atom. The Morgan fingerprint density at radius 2 is 1.66 bits per heavy atom. The first-order chi connectivity index (χ1) is 17.1. The molecule has 176 valence electrons. The normalized spacial score (nSPS) is 12.1. The fourth-order valence-electron chi connectivity index (χ4n) is 4.47. The van der Waals surface area contributed by atoms with Crippen molar-refractivity contribution in [1.82, 2.24) is 9.88 Å². The van der Waals surface area contributed by atoms with Gasteiger partial charge in [0.25, 0.3) is 0 Å². The van der Waals surface area contributed by atoms with Crippen molar-refractivity contribution in [3.63, 3.8) is 0 Å². The van der Waals surface area contributed by atoms with Crippen LogP contribution < -0.4 is 5.32 Å². The summed E-state index contributed by atoms with van der Waals surface area (Å²) >= 11 is 0. The average molecular weight is 471 g/mol. The van der Waals surface area contributed by atoms with Crippen molar-refractivity contribution in [3.8, 4) is 0 Å². The van der Waals surface area contributed by atoms with Crippen LogP contribution in [0.2, 0.25) is 0 Å². The number of furan rings is 1. The maximum atomic E-state index is 15.0. The molecule has 5 aromatic rings. The van der Waals surface area contributed by atoms with Gasteiger partial charge in [-0.3, -0.25) is 4.79 Å². The maximum absolute atomic E-state index is 15.0. The predicted molar refractivity (Wildman–Crippen MR) is 131 cm³/mol. The molecule has 0 aliphatic heterocycles. The lowest BCUT2D eigenvalue weighted by Crippen LogP contribution is -2.25. The highest BCUT2D eigenvalue weighted by molar-refractivity contribution is 5.86. The van der Waals surface area contributed by atoms with E-state index in [9.17, 15) is 13.6 Å². The Kier molecular flexibility index (Phi) is 6.44. The molecule has 0 unspecified atom stereocenters. The third kappa shape index (κ3) is 5.01. The van der Waals surface area contributed by atoms with E-state index in [1.807, 2.05) is 30.5 Å². The summed E-state index contributed by atoms with van der Waals surface area (Å²) in [6.07, 6.45) is 3.61. The van der Waals surface area contributed by atoms with Crippen molar-refractivity contribution in [2.45, 2.75) is 25.4 Å². The number of aromatic nitrogens is 1. The number of rotatable bonds is 8. The molecule has 3 aromatic carbocycles. The van der Waals surface area contributed by atoms with E-state index in [1.165, 1.54) is 18.2 Å². The van der Waals surface area contributed by atoms with E-state index in [1.54, 1.807) is 48.7 Å². The van der Waals surface area contributed by atoms with Crippen LogP contribution in [0.25, 0.3) is 10.9 Å². The molecule has 2 heterocycles. The maximum Gasteiger partial charge on any atom is 0.221 e. The third-order valence-electron chi connectivity index (χ3n) is 6.17. The first-order valence-electron chi connectivity index (χ1n) is 11.4. The van der Waals surface area contributed by atoms with Crippen molar-refractivity contribution >= 4 is 16.8 Å². The smallest absolute Gasteiger partial charge is 0.221 e. The number of fused-ring (bicyclic) bond motifs is 1. The lowest BCUT2D eigenvalue weighted by molar-refractivity contribution is -0.121. The van der Waals surface area contributed by atoms with Crippen LogP contribution in [0.1, 0.15) is 34.8 Å². The standard InChI is InChI=1S/C29H24F2N2O2/c30-21-13-11-20(12-14-21)18-33-19-26(24-8-2-4-10-28(24)33)25(23-7-1-3-9-27(23)31)16-29(34)32-17-22-6-5-15-35-22/h1-15,19,25H,16-18H2,(H,32,34)/t25-/m1/s1. The Morgan fingerprint density at radius 1 is 0.886 bits per heavy atom. The lowest BCUT2D eigenvalue weighted by atomic mass is 9.87. The molecule has 1 atom stereocenters. The summed E-state index contributed by atoms with van der Waals surface area (Å²) in [5, 5.41) is 3.82. The second-order valence-electron chi connectivity index (χ2n) is 8.49. The molecule has 6 heteroatoms. The number of carbonyl (C=O) groups excluding carboxylic acids is 1. The molecule has 4 nitrogen and oxygen atoms in total. The van der Waals surface area contributed by atoms with Crippen LogP contribution in [-0.4, -0.2) is 10.5 Å². The van der Waals surface area contributed by atoms with Crippen LogP contribution in [0, 0.1) is 11.6 Å². The van der Waals surface area contributed by atoms with Gasteiger partial charge in [0.05, 0.1) is 12.8 Å². The van der Waals surface area contributed by atoms with E-state index in [0.29, 0.717) is 17.9 Å². The van der Waals surface area contributed by atoms with E-state index < -0.39 is 5.92 Å². The molecule has 0 aliphatic carbocycles. The molecular weight excluding hydrogens is 446 g/mol. The number of amides is 1. The number of nitrogens with one attached hydrogen (secondary N) is 1. The molecule has 1 N–H and O–H groups in total. The second kappa shape index (κ2) is 9.97. The van der Waals surface area contributed by atoms with Crippen LogP contribution in [0.4, 0.5) is 8.78 Å². The van der Waals surface area contributed by atoms with E-state index in [2.05, 4.69) is 9.88 Å². The number of para-hydroxylation sites is 1. The molecule has 0 saturated carbocycles. The Bertz CT molecular complexity index is 1440. The van der Waals surface area contributed by atoms with E-state index in [4.69, 9.17) is 4.42 Å². The van der Waals surface area contributed by atoms with Gasteiger partial charge in [-0.1, -0.05) is 48.5 Å². The zero-order valence-corrected chi connectivity index (χ0v) is 19.0. The van der Waals surface area contributed by atoms with Crippen LogP contribution in [0.5, 0.6) is 0 Å². The van der Waals surface area contributed by atoms with Crippen molar-refractivity contribution in [3.05, 3.63) is 131 Å². The number of nitrogens with zero attached hydrogens (tertiary/aromatic N) is 1. The minimum Gasteiger partial charge on any atom is -0.467 e. The monoisotopic (exact) mass is 470 g/mol. The molecule has 5 rings (SSSR count). The van der Waals surface area contributed by atoms with Gasteiger partial charge in [0.1, 0.15) is 17.4 Å². The average Bonchev–Trinajstić information content (AvgIpc) is 3.52. The zero-order chi connectivity index (χ0) is 24.2. The summed E-state index contributed by atoms with van der Waals surface area (Å²) in [6, 6.07) is 24.4. The minimum atomic E-state index is -0.493. The molecule has 1 amide bonds. The molecule has 2 aromatic heterocycles. The van der Waals surface area contributed by atoms with Crippen molar-refractivity contribution in [2.75, 3.05) is 0 Å². The Labute approximate surface area is 201 Å². The molecular formula is C29H24F2N2O2. The largest absolute Gasteiger partial charge is 0.467 e. The zero-order valence-electron chi connectivity index (χ0n) is 19.0. The van der Waals surface area contributed by atoms with Crippen molar-refractivity contribution in [2.24, 2.45) is 0 Å². The molecule has 35 heavy (non-hydrogen) atoms. The molecule has 0 bridgehead atoms. The number of carbonyl (C=O) groups is 1. The lowest BCUT2D eigenvalue weighted by Gasteiger charge is -2.18. The van der Waals surface area contributed by atoms with E-state index in [-0.39, 0.29) is 30.5 Å². The first-order valence-corrected chi connectivity index (χ1v) is 11.4. The van der Waals surface area contributed by atoms with Gasteiger partial charge in [-0.25, -0.2) is 8.78 Å². The highest BCUT2D eigenvalue weighted by Crippen LogP contribution is 2.36. The Hall–Kier alpha value is -4.19. The number of benzene rings is 3. The molecule has 0 spiro atoms. The summed E-state index contributed by atoms with van der Waals surface area (Å²) < 4.78 is 35.8. The van der Waals surface area contributed by atoms with Crippen molar-refractivity contribution < 1.29 is 18.0 Å². The Balaban J connectivity index is 1.52. The molecule has 0 aliphatic rings. The first kappa shape index (κ1) is 22.6. The van der Waals surface area contributed by atoms with Gasteiger partial charge in [-0.2, -0.15) is 0 Å². The fraction of sp³-hybridized carbons (Fsp3) is 0.138. The highest BCUT2D eigenvalue weighted by Gasteiger charge is 2.25. The summed E-state index contributed by atoms with van der Waals surface area (Å²) in [7, 11) is 0. The van der Waals surface area contributed by atoms with Gasteiger partial charge in [-0.15, -0.1) is 0 Å². The topological polar surface area (TPSA) is 47.2 Å². The summed E-state index contributed by atoms with van der Waals surface area (Å²) in [4.78, 5) is 13.0. The molecule has 0 saturated heterocycles. The van der Waals surface area contributed by atoms with Crippen LogP contribution in [-0.2, 0) is 17.9 Å². The quantitative estimate of drug-likeness (QED) is 0.285. The predicted octanol–water partition coefficient (Wildman–Crippen LogP) is 6.40. The van der Waals surface area contributed by atoms with Crippen molar-refractivity contribution in [1.29, 1.82) is 0 Å². The highest BCUT2D eigenvalue weighted by atomic mass is 19.1.